The van der Waals surface area contributed by atoms with Gasteiger partial charge in [0.25, 0.3) is 0 Å². The molecule has 2 aliphatic heterocycles. The third-order valence-electron chi connectivity index (χ3n) is 5.53. The number of rotatable bonds is 3. The van der Waals surface area contributed by atoms with Gasteiger partial charge in [-0.15, -0.1) is 0 Å². The number of nitrogens with zero attached hydrogens (tertiary/aromatic N) is 6. The van der Waals surface area contributed by atoms with Crippen molar-refractivity contribution in [2.45, 2.75) is 6.92 Å². The van der Waals surface area contributed by atoms with Gasteiger partial charge in [0, 0.05) is 69.8 Å². The van der Waals surface area contributed by atoms with Gasteiger partial charge in [0.05, 0.1) is 0 Å². The number of likely N-dealkylation sites (N-methyl/N-ethyl adjacent to an activating group) is 1. The number of benzene rings is 1. The van der Waals surface area contributed by atoms with Crippen LogP contribution in [-0.2, 0) is 0 Å². The van der Waals surface area contributed by atoms with Crippen LogP contribution in [0.15, 0.2) is 36.4 Å². The van der Waals surface area contributed by atoms with Crippen molar-refractivity contribution in [1.82, 2.24) is 19.8 Å². The van der Waals surface area contributed by atoms with Crippen molar-refractivity contribution in [3.63, 3.8) is 0 Å². The third kappa shape index (κ3) is 4.76. The van der Waals surface area contributed by atoms with Gasteiger partial charge in [0.1, 0.15) is 5.82 Å². The maximum atomic E-state index is 12.5. The molecule has 8 nitrogen and oxygen atoms in total. The molecule has 29 heavy (non-hydrogen) atoms. The van der Waals surface area contributed by atoms with E-state index in [2.05, 4.69) is 38.1 Å². The second-order valence-corrected chi connectivity index (χ2v) is 7.73. The van der Waals surface area contributed by atoms with Crippen molar-refractivity contribution in [2.75, 3.05) is 74.5 Å². The molecule has 0 radical (unpaired) electrons. The van der Waals surface area contributed by atoms with Gasteiger partial charge in [-0.1, -0.05) is 18.2 Å². The average molecular weight is 396 g/mol. The number of piperazine rings is 2. The van der Waals surface area contributed by atoms with Crippen LogP contribution in [0.3, 0.4) is 0 Å². The minimum absolute atomic E-state index is 0.0564. The summed E-state index contributed by atoms with van der Waals surface area (Å²) in [5.41, 5.74) is 1.80. The van der Waals surface area contributed by atoms with Gasteiger partial charge in [-0.2, -0.15) is 4.98 Å². The summed E-state index contributed by atoms with van der Waals surface area (Å²) in [5, 5.41) is 2.96. The molecule has 0 spiro atoms. The van der Waals surface area contributed by atoms with E-state index in [1.54, 1.807) is 0 Å². The number of para-hydroxylation sites is 1. The van der Waals surface area contributed by atoms with Crippen LogP contribution in [0.2, 0.25) is 0 Å². The van der Waals surface area contributed by atoms with Gasteiger partial charge >= 0.3 is 6.03 Å². The second-order valence-electron chi connectivity index (χ2n) is 7.73. The summed E-state index contributed by atoms with van der Waals surface area (Å²) in [6.45, 7) is 8.86. The van der Waals surface area contributed by atoms with Gasteiger partial charge in [0.15, 0.2) is 0 Å². The van der Waals surface area contributed by atoms with Gasteiger partial charge in [0.2, 0.25) is 5.95 Å². The lowest BCUT2D eigenvalue weighted by Gasteiger charge is -2.36. The van der Waals surface area contributed by atoms with Crippen LogP contribution >= 0.6 is 0 Å². The Hall–Kier alpha value is -2.87. The SMILES string of the molecule is Cc1cc(N2CCN(C)CC2)nc(N2CCN(C(=O)Nc3ccccc3)CC2)n1. The fraction of sp³-hybridized carbons (Fsp3) is 0.476. The fourth-order valence-electron chi connectivity index (χ4n) is 3.71. The largest absolute Gasteiger partial charge is 0.354 e. The number of urea groups is 1. The van der Waals surface area contributed by atoms with Gasteiger partial charge in [-0.25, -0.2) is 9.78 Å². The average Bonchev–Trinajstić information content (AvgIpc) is 2.74. The van der Waals surface area contributed by atoms with Crippen LogP contribution < -0.4 is 15.1 Å². The molecule has 2 saturated heterocycles. The zero-order chi connectivity index (χ0) is 20.2. The molecule has 1 aromatic carbocycles. The lowest BCUT2D eigenvalue weighted by Crippen LogP contribution is -2.50. The van der Waals surface area contributed by atoms with Crippen LogP contribution in [0.25, 0.3) is 0 Å². The molecular formula is C21H29N7O. The van der Waals surface area contributed by atoms with Gasteiger partial charge in [-0.05, 0) is 26.1 Å². The maximum Gasteiger partial charge on any atom is 0.321 e. The molecule has 154 valence electrons. The minimum atomic E-state index is -0.0564. The van der Waals surface area contributed by atoms with Crippen molar-refractivity contribution < 1.29 is 4.79 Å². The standard InChI is InChI=1S/C21H29N7O/c1-17-16-19(26-10-8-25(2)9-11-26)24-20(22-17)27-12-14-28(15-13-27)21(29)23-18-6-4-3-5-7-18/h3-7,16H,8-15H2,1-2H3,(H,23,29). The molecule has 1 aromatic heterocycles. The van der Waals surface area contributed by atoms with Crippen molar-refractivity contribution >= 4 is 23.5 Å². The van der Waals surface area contributed by atoms with Crippen LogP contribution in [0.1, 0.15) is 5.69 Å². The predicted octanol–water partition coefficient (Wildman–Crippen LogP) is 1.89. The summed E-state index contributed by atoms with van der Waals surface area (Å²) in [6, 6.07) is 11.6. The van der Waals surface area contributed by atoms with E-state index in [1.807, 2.05) is 42.2 Å². The molecule has 0 aliphatic carbocycles. The summed E-state index contributed by atoms with van der Waals surface area (Å²) in [6.07, 6.45) is 0. The van der Waals surface area contributed by atoms with Crippen molar-refractivity contribution in [3.05, 3.63) is 42.1 Å². The topological polar surface area (TPSA) is 67.8 Å². The highest BCUT2D eigenvalue weighted by Gasteiger charge is 2.24. The first-order valence-corrected chi connectivity index (χ1v) is 10.2. The van der Waals surface area contributed by atoms with Crippen LogP contribution in [0.4, 0.5) is 22.2 Å². The Morgan fingerprint density at radius 2 is 1.55 bits per heavy atom. The molecule has 0 bridgehead atoms. The van der Waals surface area contributed by atoms with E-state index in [9.17, 15) is 4.79 Å². The van der Waals surface area contributed by atoms with E-state index in [-0.39, 0.29) is 6.03 Å². The molecule has 0 atom stereocenters. The van der Waals surface area contributed by atoms with Gasteiger partial charge in [-0.3, -0.25) is 0 Å². The van der Waals surface area contributed by atoms with E-state index in [0.717, 1.165) is 62.4 Å². The Morgan fingerprint density at radius 3 is 2.24 bits per heavy atom. The number of anilines is 3. The molecule has 8 heteroatoms. The van der Waals surface area contributed by atoms with E-state index < -0.39 is 0 Å². The lowest BCUT2D eigenvalue weighted by molar-refractivity contribution is 0.208. The minimum Gasteiger partial charge on any atom is -0.354 e. The van der Waals surface area contributed by atoms with E-state index >= 15 is 0 Å². The first-order valence-electron chi connectivity index (χ1n) is 10.2. The highest BCUT2D eigenvalue weighted by Crippen LogP contribution is 2.20. The highest BCUT2D eigenvalue weighted by atomic mass is 16.2. The summed E-state index contributed by atoms with van der Waals surface area (Å²) in [4.78, 5) is 30.7. The second kappa shape index (κ2) is 8.65. The summed E-state index contributed by atoms with van der Waals surface area (Å²) in [7, 11) is 2.15. The molecule has 4 rings (SSSR count). The number of hydrogen-bond donors (Lipinski definition) is 1. The number of carbonyl (C=O) groups excluding carboxylic acids is 1. The Kier molecular flexibility index (Phi) is 5.80. The molecular weight excluding hydrogens is 366 g/mol. The number of aromatic nitrogens is 2. The first kappa shape index (κ1) is 19.4. The van der Waals surface area contributed by atoms with Crippen molar-refractivity contribution in [1.29, 1.82) is 0 Å². The Morgan fingerprint density at radius 1 is 0.897 bits per heavy atom. The maximum absolute atomic E-state index is 12.5. The summed E-state index contributed by atoms with van der Waals surface area (Å²) < 4.78 is 0. The number of carbonyl (C=O) groups is 1. The number of nitrogens with one attached hydrogen (secondary N) is 1. The highest BCUT2D eigenvalue weighted by molar-refractivity contribution is 5.89. The van der Waals surface area contributed by atoms with E-state index in [0.29, 0.717) is 13.1 Å². The van der Waals surface area contributed by atoms with Crippen LogP contribution in [-0.4, -0.2) is 85.2 Å². The zero-order valence-electron chi connectivity index (χ0n) is 17.2. The quantitative estimate of drug-likeness (QED) is 0.856. The van der Waals surface area contributed by atoms with E-state index in [4.69, 9.17) is 4.98 Å². The van der Waals surface area contributed by atoms with Crippen LogP contribution in [0, 0.1) is 6.92 Å². The number of hydrogen-bond acceptors (Lipinski definition) is 6. The fourth-order valence-corrected chi connectivity index (χ4v) is 3.71. The summed E-state index contributed by atoms with van der Waals surface area (Å²) >= 11 is 0. The molecule has 1 N–H and O–H groups in total. The monoisotopic (exact) mass is 395 g/mol. The summed E-state index contributed by atoms with van der Waals surface area (Å²) in [5.74, 6) is 1.77. The zero-order valence-corrected chi connectivity index (χ0v) is 17.2. The molecule has 2 aromatic rings. The third-order valence-corrected chi connectivity index (χ3v) is 5.53. The number of aryl methyl sites for hydroxylation is 1. The Labute approximate surface area is 172 Å². The molecule has 0 saturated carbocycles. The van der Waals surface area contributed by atoms with Crippen molar-refractivity contribution in [2.24, 2.45) is 0 Å². The molecule has 3 heterocycles. The lowest BCUT2D eigenvalue weighted by atomic mass is 10.3. The smallest absolute Gasteiger partial charge is 0.321 e. The molecule has 0 unspecified atom stereocenters. The normalized spacial score (nSPS) is 18.1. The molecule has 2 amide bonds. The Bertz CT molecular complexity index is 828. The molecule has 2 aliphatic rings. The predicted molar refractivity (Wildman–Crippen MR) is 116 cm³/mol. The van der Waals surface area contributed by atoms with Crippen LogP contribution in [0.5, 0.6) is 0 Å². The van der Waals surface area contributed by atoms with E-state index in [1.165, 1.54) is 0 Å². The Balaban J connectivity index is 1.37. The van der Waals surface area contributed by atoms with Crippen molar-refractivity contribution in [3.8, 4) is 0 Å². The number of amides is 2. The first-order chi connectivity index (χ1) is 14.1. The van der Waals surface area contributed by atoms with Gasteiger partial charge < -0.3 is 24.9 Å². The molecule has 2 fully saturated rings.